The van der Waals surface area contributed by atoms with Crippen molar-refractivity contribution in [2.24, 2.45) is 0 Å². The number of likely N-dealkylation sites (N-methyl/N-ethyl adjacent to an activating group) is 1. The Morgan fingerprint density at radius 3 is 2.62 bits per heavy atom. The topological polar surface area (TPSA) is 86.7 Å². The highest BCUT2D eigenvalue weighted by Gasteiger charge is 2.37. The fourth-order valence-electron chi connectivity index (χ4n) is 3.36. The molecule has 0 spiro atoms. The van der Waals surface area contributed by atoms with Crippen molar-refractivity contribution in [3.63, 3.8) is 0 Å². The first-order valence-electron chi connectivity index (χ1n) is 8.47. The van der Waals surface area contributed by atoms with Gasteiger partial charge in [-0.2, -0.15) is 0 Å². The standard InChI is InChI=1S/C18H21FN2O4S/c1-2-21(11-17(22)23)14-9-13(10-14)20-26(24,25)16-8-7-12-5-3-4-6-15(12)18(16)19/h3-8,13-14,20H,2,9-11H2,1H3,(H,22,23). The minimum absolute atomic E-state index is 0.0188. The molecule has 0 unspecified atom stereocenters. The van der Waals surface area contributed by atoms with Crippen molar-refractivity contribution in [2.75, 3.05) is 13.1 Å². The Morgan fingerprint density at radius 1 is 1.27 bits per heavy atom. The number of nitrogens with one attached hydrogen (secondary N) is 1. The van der Waals surface area contributed by atoms with Gasteiger partial charge in [0.15, 0.2) is 5.82 Å². The highest BCUT2D eigenvalue weighted by atomic mass is 32.2. The van der Waals surface area contributed by atoms with E-state index >= 15 is 0 Å². The molecule has 140 valence electrons. The highest BCUT2D eigenvalue weighted by molar-refractivity contribution is 7.89. The third kappa shape index (κ3) is 3.72. The molecule has 8 heteroatoms. The second kappa shape index (κ2) is 7.30. The van der Waals surface area contributed by atoms with Crippen LogP contribution in [0.25, 0.3) is 10.8 Å². The van der Waals surface area contributed by atoms with E-state index in [0.717, 1.165) is 0 Å². The first-order chi connectivity index (χ1) is 12.3. The number of carboxylic acids is 1. The van der Waals surface area contributed by atoms with E-state index in [0.29, 0.717) is 24.8 Å². The first kappa shape index (κ1) is 18.8. The predicted molar refractivity (Wildman–Crippen MR) is 95.9 cm³/mol. The maximum absolute atomic E-state index is 14.6. The van der Waals surface area contributed by atoms with Crippen LogP contribution in [0.2, 0.25) is 0 Å². The molecule has 1 fully saturated rings. The summed E-state index contributed by atoms with van der Waals surface area (Å²) in [4.78, 5) is 12.3. The number of carboxylic acid groups (broad SMARTS) is 1. The van der Waals surface area contributed by atoms with Crippen molar-refractivity contribution in [3.8, 4) is 0 Å². The molecule has 1 saturated carbocycles. The number of aliphatic carboxylic acids is 1. The third-order valence-electron chi connectivity index (χ3n) is 4.81. The maximum Gasteiger partial charge on any atom is 0.317 e. The summed E-state index contributed by atoms with van der Waals surface area (Å²) >= 11 is 0. The molecule has 2 aromatic carbocycles. The van der Waals surface area contributed by atoms with Gasteiger partial charge in [-0.1, -0.05) is 37.3 Å². The van der Waals surface area contributed by atoms with Gasteiger partial charge in [-0.3, -0.25) is 9.69 Å². The van der Waals surface area contributed by atoms with Crippen molar-refractivity contribution < 1.29 is 22.7 Å². The Balaban J connectivity index is 1.71. The Morgan fingerprint density at radius 2 is 1.96 bits per heavy atom. The molecule has 3 rings (SSSR count). The number of carbonyl (C=O) groups is 1. The van der Waals surface area contributed by atoms with Crippen LogP contribution in [0.5, 0.6) is 0 Å². The summed E-state index contributed by atoms with van der Waals surface area (Å²) in [5.41, 5.74) is 0. The van der Waals surface area contributed by atoms with Gasteiger partial charge in [0.25, 0.3) is 0 Å². The highest BCUT2D eigenvalue weighted by Crippen LogP contribution is 2.29. The largest absolute Gasteiger partial charge is 0.480 e. The van der Waals surface area contributed by atoms with Crippen molar-refractivity contribution in [1.82, 2.24) is 9.62 Å². The number of halogens is 1. The molecule has 0 radical (unpaired) electrons. The quantitative estimate of drug-likeness (QED) is 0.769. The molecule has 1 aliphatic rings. The van der Waals surface area contributed by atoms with E-state index in [4.69, 9.17) is 5.11 Å². The fourth-order valence-corrected chi connectivity index (χ4v) is 4.71. The van der Waals surface area contributed by atoms with Crippen molar-refractivity contribution >= 4 is 26.8 Å². The zero-order valence-electron chi connectivity index (χ0n) is 14.4. The molecule has 2 N–H and O–H groups in total. The van der Waals surface area contributed by atoms with E-state index in [2.05, 4.69) is 4.72 Å². The smallest absolute Gasteiger partial charge is 0.317 e. The molecule has 0 atom stereocenters. The van der Waals surface area contributed by atoms with Crippen molar-refractivity contribution in [2.45, 2.75) is 36.7 Å². The summed E-state index contributed by atoms with van der Waals surface area (Å²) in [7, 11) is -3.98. The fraction of sp³-hybridized carbons (Fsp3) is 0.389. The number of rotatable bonds is 7. The van der Waals surface area contributed by atoms with E-state index in [1.165, 1.54) is 6.07 Å². The molecule has 6 nitrogen and oxygen atoms in total. The predicted octanol–water partition coefficient (Wildman–Crippen LogP) is 2.19. The van der Waals surface area contributed by atoms with Gasteiger partial charge in [-0.15, -0.1) is 0 Å². The second-order valence-corrected chi connectivity index (χ2v) is 8.18. The number of hydrogen-bond acceptors (Lipinski definition) is 4. The molecule has 0 bridgehead atoms. The lowest BCUT2D eigenvalue weighted by atomic mass is 9.86. The Kier molecular flexibility index (Phi) is 5.27. The van der Waals surface area contributed by atoms with Crippen LogP contribution < -0.4 is 4.72 Å². The number of benzene rings is 2. The zero-order chi connectivity index (χ0) is 18.9. The number of fused-ring (bicyclic) bond motifs is 1. The zero-order valence-corrected chi connectivity index (χ0v) is 15.2. The molecule has 0 heterocycles. The van der Waals surface area contributed by atoms with Gasteiger partial charge in [-0.05, 0) is 30.8 Å². The normalized spacial score (nSPS) is 20.3. The van der Waals surface area contributed by atoms with E-state index < -0.39 is 21.8 Å². The Labute approximate surface area is 151 Å². The van der Waals surface area contributed by atoms with Gasteiger partial charge >= 0.3 is 5.97 Å². The monoisotopic (exact) mass is 380 g/mol. The summed E-state index contributed by atoms with van der Waals surface area (Å²) in [6.07, 6.45) is 1.02. The Bertz CT molecular complexity index is 926. The van der Waals surface area contributed by atoms with Gasteiger partial charge in [0.1, 0.15) is 4.90 Å². The lowest BCUT2D eigenvalue weighted by molar-refractivity contribution is -0.139. The molecule has 0 aliphatic heterocycles. The summed E-state index contributed by atoms with van der Waals surface area (Å²) in [6, 6.07) is 9.26. The molecule has 0 saturated heterocycles. The van der Waals surface area contributed by atoms with Crippen molar-refractivity contribution in [3.05, 3.63) is 42.2 Å². The van der Waals surface area contributed by atoms with Crippen LogP contribution in [0.4, 0.5) is 4.39 Å². The summed E-state index contributed by atoms with van der Waals surface area (Å²) in [5.74, 6) is -1.67. The molecule has 0 aromatic heterocycles. The van der Waals surface area contributed by atoms with E-state index in [9.17, 15) is 17.6 Å². The van der Waals surface area contributed by atoms with Gasteiger partial charge in [0.2, 0.25) is 10.0 Å². The first-order valence-corrected chi connectivity index (χ1v) is 9.95. The molecule has 0 amide bonds. The van der Waals surface area contributed by atoms with Gasteiger partial charge in [0.05, 0.1) is 6.54 Å². The van der Waals surface area contributed by atoms with Crippen LogP contribution in [0.1, 0.15) is 19.8 Å². The van der Waals surface area contributed by atoms with Crippen LogP contribution in [-0.4, -0.2) is 49.6 Å². The molecular formula is C18H21FN2O4S. The van der Waals surface area contributed by atoms with Crippen LogP contribution in [0.3, 0.4) is 0 Å². The van der Waals surface area contributed by atoms with Gasteiger partial charge in [0, 0.05) is 17.5 Å². The van der Waals surface area contributed by atoms with Gasteiger partial charge < -0.3 is 5.11 Å². The van der Waals surface area contributed by atoms with E-state index in [-0.39, 0.29) is 28.9 Å². The number of hydrogen-bond donors (Lipinski definition) is 2. The average Bonchev–Trinajstić information content (AvgIpc) is 2.56. The van der Waals surface area contributed by atoms with Crippen LogP contribution in [-0.2, 0) is 14.8 Å². The minimum Gasteiger partial charge on any atom is -0.480 e. The van der Waals surface area contributed by atoms with Crippen LogP contribution in [0.15, 0.2) is 41.3 Å². The summed E-state index contributed by atoms with van der Waals surface area (Å²) < 4.78 is 42.3. The third-order valence-corrected chi connectivity index (χ3v) is 6.35. The number of sulfonamides is 1. The molecular weight excluding hydrogens is 359 g/mol. The lowest BCUT2D eigenvalue weighted by Crippen LogP contribution is -2.54. The van der Waals surface area contributed by atoms with E-state index in [1.807, 2.05) is 6.92 Å². The number of nitrogens with zero attached hydrogens (tertiary/aromatic N) is 1. The molecule has 2 aromatic rings. The SMILES string of the molecule is CCN(CC(=O)O)C1CC(NS(=O)(=O)c2ccc3ccccc3c2F)C1. The lowest BCUT2D eigenvalue weighted by Gasteiger charge is -2.42. The average molecular weight is 380 g/mol. The van der Waals surface area contributed by atoms with Crippen LogP contribution in [0, 0.1) is 5.82 Å². The summed E-state index contributed by atoms with van der Waals surface area (Å²) in [5, 5.41) is 9.81. The Hall–Kier alpha value is -2.03. The molecule has 1 aliphatic carbocycles. The minimum atomic E-state index is -3.98. The van der Waals surface area contributed by atoms with Crippen LogP contribution >= 0.6 is 0 Å². The maximum atomic E-state index is 14.6. The second-order valence-electron chi connectivity index (χ2n) is 6.50. The van der Waals surface area contributed by atoms with Crippen molar-refractivity contribution in [1.29, 1.82) is 0 Å². The summed E-state index contributed by atoms with van der Waals surface area (Å²) in [6.45, 7) is 2.38. The molecule has 26 heavy (non-hydrogen) atoms. The van der Waals surface area contributed by atoms with E-state index in [1.54, 1.807) is 35.2 Å². The van der Waals surface area contributed by atoms with Gasteiger partial charge in [-0.25, -0.2) is 17.5 Å².